The van der Waals surface area contributed by atoms with Crippen molar-refractivity contribution in [2.45, 2.75) is 19.9 Å². The molecule has 2 atom stereocenters. The summed E-state index contributed by atoms with van der Waals surface area (Å²) in [4.78, 5) is 22.8. The van der Waals surface area contributed by atoms with Crippen LogP contribution in [0, 0.1) is 5.92 Å². The molecule has 0 heterocycles. The molecular formula is C12H15ClN2O3. The first kappa shape index (κ1) is 14.5. The van der Waals surface area contributed by atoms with E-state index in [9.17, 15) is 9.59 Å². The van der Waals surface area contributed by atoms with Crippen molar-refractivity contribution in [1.29, 1.82) is 0 Å². The van der Waals surface area contributed by atoms with Crippen molar-refractivity contribution in [2.24, 2.45) is 11.7 Å². The zero-order valence-corrected chi connectivity index (χ0v) is 10.9. The highest BCUT2D eigenvalue weighted by Crippen LogP contribution is 2.21. The first-order valence-corrected chi connectivity index (χ1v) is 5.80. The van der Waals surface area contributed by atoms with Gasteiger partial charge in [0, 0.05) is 11.1 Å². The SMILES string of the molecule is CC(N)C(C)C(=O)Nc1ccc(Cl)cc1C(=O)O. The van der Waals surface area contributed by atoms with Crippen molar-refractivity contribution in [3.8, 4) is 0 Å². The smallest absolute Gasteiger partial charge is 0.337 e. The predicted molar refractivity (Wildman–Crippen MR) is 69.9 cm³/mol. The number of aromatic carboxylic acids is 1. The predicted octanol–water partition coefficient (Wildman–Crippen LogP) is 1.96. The van der Waals surface area contributed by atoms with E-state index in [0.29, 0.717) is 5.02 Å². The lowest BCUT2D eigenvalue weighted by molar-refractivity contribution is -0.119. The summed E-state index contributed by atoms with van der Waals surface area (Å²) in [6.45, 7) is 3.39. The van der Waals surface area contributed by atoms with Gasteiger partial charge in [-0.1, -0.05) is 18.5 Å². The largest absolute Gasteiger partial charge is 0.478 e. The lowest BCUT2D eigenvalue weighted by Crippen LogP contribution is -2.34. The molecule has 0 aromatic heterocycles. The molecule has 4 N–H and O–H groups in total. The second-order valence-electron chi connectivity index (χ2n) is 4.13. The Kier molecular flexibility index (Phi) is 4.69. The average molecular weight is 271 g/mol. The highest BCUT2D eigenvalue weighted by Gasteiger charge is 2.19. The molecule has 18 heavy (non-hydrogen) atoms. The van der Waals surface area contributed by atoms with E-state index in [1.807, 2.05) is 0 Å². The number of rotatable bonds is 4. The molecule has 1 aromatic carbocycles. The monoisotopic (exact) mass is 270 g/mol. The van der Waals surface area contributed by atoms with Crippen LogP contribution in [0.1, 0.15) is 24.2 Å². The van der Waals surface area contributed by atoms with Gasteiger partial charge in [-0.15, -0.1) is 0 Å². The molecule has 1 amide bonds. The van der Waals surface area contributed by atoms with Crippen LogP contribution in [0.4, 0.5) is 5.69 Å². The van der Waals surface area contributed by atoms with Gasteiger partial charge in [0.1, 0.15) is 0 Å². The molecule has 0 saturated carbocycles. The van der Waals surface area contributed by atoms with Crippen LogP contribution >= 0.6 is 11.6 Å². The molecule has 0 bridgehead atoms. The van der Waals surface area contributed by atoms with Gasteiger partial charge in [0.05, 0.1) is 17.2 Å². The van der Waals surface area contributed by atoms with Gasteiger partial charge in [0.15, 0.2) is 0 Å². The summed E-state index contributed by atoms with van der Waals surface area (Å²) in [5, 5.41) is 11.9. The Morgan fingerprint density at radius 2 is 2.00 bits per heavy atom. The van der Waals surface area contributed by atoms with E-state index in [1.165, 1.54) is 18.2 Å². The van der Waals surface area contributed by atoms with Crippen LogP contribution in [0.15, 0.2) is 18.2 Å². The van der Waals surface area contributed by atoms with Crippen LogP contribution in [0.2, 0.25) is 5.02 Å². The fraction of sp³-hybridized carbons (Fsp3) is 0.333. The van der Waals surface area contributed by atoms with Gasteiger partial charge in [-0.2, -0.15) is 0 Å². The number of halogens is 1. The van der Waals surface area contributed by atoms with E-state index in [4.69, 9.17) is 22.4 Å². The number of benzene rings is 1. The average Bonchev–Trinajstić information content (AvgIpc) is 2.29. The molecule has 5 nitrogen and oxygen atoms in total. The van der Waals surface area contributed by atoms with Gasteiger partial charge >= 0.3 is 5.97 Å². The standard InChI is InChI=1S/C12H15ClN2O3/c1-6(7(2)14)11(16)15-10-4-3-8(13)5-9(10)12(17)18/h3-7H,14H2,1-2H3,(H,15,16)(H,17,18). The second kappa shape index (κ2) is 5.84. The number of anilines is 1. The molecule has 0 spiro atoms. The van der Waals surface area contributed by atoms with E-state index in [2.05, 4.69) is 5.32 Å². The van der Waals surface area contributed by atoms with Crippen molar-refractivity contribution < 1.29 is 14.7 Å². The number of nitrogens with one attached hydrogen (secondary N) is 1. The van der Waals surface area contributed by atoms with Crippen molar-refractivity contribution in [2.75, 3.05) is 5.32 Å². The number of carbonyl (C=O) groups is 2. The third kappa shape index (κ3) is 3.45. The summed E-state index contributed by atoms with van der Waals surface area (Å²) in [6, 6.07) is 3.94. The van der Waals surface area contributed by atoms with Gasteiger partial charge in [-0.3, -0.25) is 4.79 Å². The molecule has 0 fully saturated rings. The summed E-state index contributed by atoms with van der Waals surface area (Å²) < 4.78 is 0. The van der Waals surface area contributed by atoms with Gasteiger partial charge < -0.3 is 16.2 Å². The maximum atomic E-state index is 11.8. The number of carboxylic acid groups (broad SMARTS) is 1. The highest BCUT2D eigenvalue weighted by molar-refractivity contribution is 6.31. The van der Waals surface area contributed by atoms with Crippen molar-refractivity contribution in [3.05, 3.63) is 28.8 Å². The molecule has 2 unspecified atom stereocenters. The summed E-state index contributed by atoms with van der Waals surface area (Å²) in [5.41, 5.74) is 5.78. The lowest BCUT2D eigenvalue weighted by atomic mass is 10.0. The van der Waals surface area contributed by atoms with Crippen LogP contribution in [0.3, 0.4) is 0 Å². The van der Waals surface area contributed by atoms with Crippen molar-refractivity contribution in [1.82, 2.24) is 0 Å². The number of amides is 1. The first-order chi connectivity index (χ1) is 8.32. The Labute approximate surface area is 110 Å². The number of carboxylic acids is 1. The molecule has 0 saturated heterocycles. The van der Waals surface area contributed by atoms with Gasteiger partial charge in [-0.25, -0.2) is 4.79 Å². The van der Waals surface area contributed by atoms with E-state index in [0.717, 1.165) is 0 Å². The molecule has 98 valence electrons. The van der Waals surface area contributed by atoms with E-state index >= 15 is 0 Å². The Morgan fingerprint density at radius 1 is 1.39 bits per heavy atom. The first-order valence-electron chi connectivity index (χ1n) is 5.42. The fourth-order valence-electron chi connectivity index (χ4n) is 1.29. The minimum Gasteiger partial charge on any atom is -0.478 e. The Morgan fingerprint density at radius 3 is 2.50 bits per heavy atom. The summed E-state index contributed by atoms with van der Waals surface area (Å²) in [6.07, 6.45) is 0. The molecular weight excluding hydrogens is 256 g/mol. The third-order valence-electron chi connectivity index (χ3n) is 2.67. The van der Waals surface area contributed by atoms with Gasteiger partial charge in [0.2, 0.25) is 5.91 Å². The minimum absolute atomic E-state index is 0.0484. The quantitative estimate of drug-likeness (QED) is 0.780. The topological polar surface area (TPSA) is 92.4 Å². The van der Waals surface area contributed by atoms with Gasteiger partial charge in [-0.05, 0) is 25.1 Å². The molecule has 0 aliphatic heterocycles. The van der Waals surface area contributed by atoms with Crippen LogP contribution in [-0.2, 0) is 4.79 Å². The second-order valence-corrected chi connectivity index (χ2v) is 4.57. The molecule has 1 rings (SSSR count). The van der Waals surface area contributed by atoms with Crippen LogP contribution in [0.25, 0.3) is 0 Å². The van der Waals surface area contributed by atoms with Crippen molar-refractivity contribution in [3.63, 3.8) is 0 Å². The number of hydrogen-bond acceptors (Lipinski definition) is 3. The summed E-state index contributed by atoms with van der Waals surface area (Å²) in [5.74, 6) is -1.89. The molecule has 0 aliphatic carbocycles. The van der Waals surface area contributed by atoms with Gasteiger partial charge in [0.25, 0.3) is 0 Å². The Hall–Kier alpha value is -1.59. The molecule has 1 aromatic rings. The minimum atomic E-state index is -1.15. The summed E-state index contributed by atoms with van der Waals surface area (Å²) in [7, 11) is 0. The van der Waals surface area contributed by atoms with Crippen molar-refractivity contribution >= 4 is 29.2 Å². The number of hydrogen-bond donors (Lipinski definition) is 3. The van der Waals surface area contributed by atoms with E-state index in [1.54, 1.807) is 13.8 Å². The zero-order valence-electron chi connectivity index (χ0n) is 10.1. The Balaban J connectivity index is 2.98. The number of nitrogens with two attached hydrogens (primary N) is 1. The van der Waals surface area contributed by atoms with E-state index in [-0.39, 0.29) is 23.2 Å². The van der Waals surface area contributed by atoms with Crippen LogP contribution in [-0.4, -0.2) is 23.0 Å². The number of carbonyl (C=O) groups excluding carboxylic acids is 1. The zero-order chi connectivity index (χ0) is 13.9. The van der Waals surface area contributed by atoms with Crippen LogP contribution in [0.5, 0.6) is 0 Å². The van der Waals surface area contributed by atoms with Crippen LogP contribution < -0.4 is 11.1 Å². The maximum absolute atomic E-state index is 11.8. The highest BCUT2D eigenvalue weighted by atomic mass is 35.5. The normalized spacial score (nSPS) is 13.8. The van der Waals surface area contributed by atoms with E-state index < -0.39 is 11.9 Å². The molecule has 0 aliphatic rings. The lowest BCUT2D eigenvalue weighted by Gasteiger charge is -2.16. The maximum Gasteiger partial charge on any atom is 0.337 e. The fourth-order valence-corrected chi connectivity index (χ4v) is 1.46. The molecule has 0 radical (unpaired) electrons. The summed E-state index contributed by atoms with van der Waals surface area (Å²) >= 11 is 5.71. The molecule has 6 heteroatoms. The Bertz CT molecular complexity index is 474. The third-order valence-corrected chi connectivity index (χ3v) is 2.91.